The summed E-state index contributed by atoms with van der Waals surface area (Å²) in [5, 5.41) is 3.68. The van der Waals surface area contributed by atoms with E-state index in [1.165, 1.54) is 44.2 Å². The van der Waals surface area contributed by atoms with Gasteiger partial charge in [0.15, 0.2) is 0 Å². The third-order valence-electron chi connectivity index (χ3n) is 3.73. The molecule has 0 spiro atoms. The van der Waals surface area contributed by atoms with Crippen LogP contribution in [0.1, 0.15) is 38.5 Å². The normalized spacial score (nSPS) is 19.6. The Hall–Kier alpha value is -0.540. The minimum Gasteiger partial charge on any atom is -0.377 e. The maximum Gasteiger partial charge on any atom is 0.0496 e. The van der Waals surface area contributed by atoms with Gasteiger partial charge in [0.05, 0.1) is 0 Å². The molecular weight excluding hydrogens is 276 g/mol. The van der Waals surface area contributed by atoms with Crippen LogP contribution in [0.15, 0.2) is 28.7 Å². The molecule has 1 aliphatic rings. The van der Waals surface area contributed by atoms with E-state index in [4.69, 9.17) is 5.73 Å². The fourth-order valence-electron chi connectivity index (χ4n) is 2.63. The van der Waals surface area contributed by atoms with Crippen molar-refractivity contribution in [2.24, 2.45) is 5.73 Å². The Morgan fingerprint density at radius 1 is 1.12 bits per heavy atom. The van der Waals surface area contributed by atoms with Crippen molar-refractivity contribution >= 4 is 21.6 Å². The summed E-state index contributed by atoms with van der Waals surface area (Å²) < 4.78 is 1.12. The van der Waals surface area contributed by atoms with Crippen molar-refractivity contribution in [1.29, 1.82) is 0 Å². The highest BCUT2D eigenvalue weighted by atomic mass is 79.9. The molecule has 1 saturated carbocycles. The van der Waals surface area contributed by atoms with E-state index in [2.05, 4.69) is 39.4 Å². The first-order chi connectivity index (χ1) is 8.26. The highest BCUT2D eigenvalue weighted by molar-refractivity contribution is 9.10. The lowest BCUT2D eigenvalue weighted by Gasteiger charge is -2.34. The molecule has 0 amide bonds. The molecule has 3 heteroatoms. The van der Waals surface area contributed by atoms with Gasteiger partial charge < -0.3 is 11.1 Å². The second-order valence-corrected chi connectivity index (χ2v) is 5.86. The minimum absolute atomic E-state index is 0.0976. The Bertz CT molecular complexity index is 357. The Morgan fingerprint density at radius 3 is 2.35 bits per heavy atom. The molecule has 1 aliphatic carbocycles. The Labute approximate surface area is 112 Å². The zero-order valence-corrected chi connectivity index (χ0v) is 11.8. The van der Waals surface area contributed by atoms with Gasteiger partial charge in [-0.25, -0.2) is 0 Å². The average Bonchev–Trinajstić information content (AvgIpc) is 2.58. The first-order valence-electron chi connectivity index (χ1n) is 6.49. The van der Waals surface area contributed by atoms with Crippen LogP contribution >= 0.6 is 15.9 Å². The third-order valence-corrected chi connectivity index (χ3v) is 4.42. The van der Waals surface area contributed by atoms with Gasteiger partial charge in [-0.05, 0) is 40.9 Å². The molecule has 0 heterocycles. The number of rotatable bonds is 3. The van der Waals surface area contributed by atoms with Gasteiger partial charge in [0.2, 0.25) is 0 Å². The van der Waals surface area contributed by atoms with Crippen molar-refractivity contribution in [3.05, 3.63) is 28.7 Å². The van der Waals surface area contributed by atoms with E-state index in [0.717, 1.165) is 4.47 Å². The molecule has 2 rings (SSSR count). The topological polar surface area (TPSA) is 38.0 Å². The van der Waals surface area contributed by atoms with Crippen LogP contribution in [-0.4, -0.2) is 12.1 Å². The smallest absolute Gasteiger partial charge is 0.0496 e. The number of benzene rings is 1. The molecule has 0 unspecified atom stereocenters. The second-order valence-electron chi connectivity index (χ2n) is 5.00. The van der Waals surface area contributed by atoms with Gasteiger partial charge >= 0.3 is 0 Å². The van der Waals surface area contributed by atoms with E-state index in [9.17, 15) is 0 Å². The first-order valence-corrected chi connectivity index (χ1v) is 7.28. The van der Waals surface area contributed by atoms with Crippen LogP contribution in [0.2, 0.25) is 0 Å². The summed E-state index contributed by atoms with van der Waals surface area (Å²) in [6.45, 7) is 0.717. The van der Waals surface area contributed by atoms with Crippen molar-refractivity contribution in [3.8, 4) is 0 Å². The van der Waals surface area contributed by atoms with Gasteiger partial charge in [-0.2, -0.15) is 0 Å². The summed E-state index contributed by atoms with van der Waals surface area (Å²) >= 11 is 3.59. The Balaban J connectivity index is 2.15. The van der Waals surface area contributed by atoms with E-state index in [1.807, 2.05) is 6.07 Å². The molecule has 1 fully saturated rings. The number of nitrogens with two attached hydrogens (primary N) is 1. The van der Waals surface area contributed by atoms with Crippen LogP contribution in [-0.2, 0) is 0 Å². The van der Waals surface area contributed by atoms with Gasteiger partial charge in [-0.15, -0.1) is 0 Å². The summed E-state index contributed by atoms with van der Waals surface area (Å²) in [4.78, 5) is 0. The van der Waals surface area contributed by atoms with E-state index in [-0.39, 0.29) is 5.54 Å². The van der Waals surface area contributed by atoms with Crippen molar-refractivity contribution in [3.63, 3.8) is 0 Å². The Kier molecular flexibility index (Phi) is 4.46. The standard InChI is InChI=1S/C14H21BrN2/c15-12-7-3-4-8-13(12)17-14(11-16)9-5-1-2-6-10-14/h3-4,7-8,17H,1-2,5-6,9-11,16H2. The largest absolute Gasteiger partial charge is 0.377 e. The summed E-state index contributed by atoms with van der Waals surface area (Å²) in [7, 11) is 0. The fraction of sp³-hybridized carbons (Fsp3) is 0.571. The molecule has 0 atom stereocenters. The molecule has 0 aliphatic heterocycles. The number of para-hydroxylation sites is 1. The van der Waals surface area contributed by atoms with Gasteiger partial charge in [0, 0.05) is 22.2 Å². The molecule has 0 radical (unpaired) electrons. The van der Waals surface area contributed by atoms with Crippen molar-refractivity contribution in [1.82, 2.24) is 0 Å². The number of hydrogen-bond acceptors (Lipinski definition) is 2. The van der Waals surface area contributed by atoms with Crippen molar-refractivity contribution in [2.75, 3.05) is 11.9 Å². The highest BCUT2D eigenvalue weighted by Crippen LogP contribution is 2.32. The van der Waals surface area contributed by atoms with Crippen LogP contribution in [0, 0.1) is 0 Å². The van der Waals surface area contributed by atoms with Crippen LogP contribution in [0.4, 0.5) is 5.69 Å². The lowest BCUT2D eigenvalue weighted by atomic mass is 9.90. The zero-order valence-electron chi connectivity index (χ0n) is 10.2. The molecule has 2 nitrogen and oxygen atoms in total. The van der Waals surface area contributed by atoms with E-state index in [0.29, 0.717) is 6.54 Å². The number of nitrogens with one attached hydrogen (secondary N) is 1. The minimum atomic E-state index is 0.0976. The molecule has 3 N–H and O–H groups in total. The van der Waals surface area contributed by atoms with E-state index >= 15 is 0 Å². The number of hydrogen-bond donors (Lipinski definition) is 2. The maximum atomic E-state index is 6.03. The monoisotopic (exact) mass is 296 g/mol. The third kappa shape index (κ3) is 3.23. The van der Waals surface area contributed by atoms with E-state index in [1.54, 1.807) is 0 Å². The molecule has 0 bridgehead atoms. The molecule has 1 aromatic carbocycles. The average molecular weight is 297 g/mol. The predicted molar refractivity (Wildman–Crippen MR) is 77.3 cm³/mol. The first kappa shape index (κ1) is 12.9. The molecule has 17 heavy (non-hydrogen) atoms. The number of halogens is 1. The van der Waals surface area contributed by atoms with Crippen LogP contribution in [0.25, 0.3) is 0 Å². The second kappa shape index (κ2) is 5.87. The highest BCUT2D eigenvalue weighted by Gasteiger charge is 2.29. The number of anilines is 1. The predicted octanol–water partition coefficient (Wildman–Crippen LogP) is 3.91. The summed E-state index contributed by atoms with van der Waals surface area (Å²) in [5.41, 5.74) is 7.29. The quantitative estimate of drug-likeness (QED) is 0.830. The molecule has 0 saturated heterocycles. The summed E-state index contributed by atoms with van der Waals surface area (Å²) in [6.07, 6.45) is 7.64. The van der Waals surface area contributed by atoms with Crippen molar-refractivity contribution in [2.45, 2.75) is 44.1 Å². The molecule has 94 valence electrons. The molecular formula is C14H21BrN2. The lowest BCUT2D eigenvalue weighted by Crippen LogP contribution is -2.45. The summed E-state index contributed by atoms with van der Waals surface area (Å²) in [6, 6.07) is 8.29. The summed E-state index contributed by atoms with van der Waals surface area (Å²) in [5.74, 6) is 0. The molecule has 1 aromatic rings. The van der Waals surface area contributed by atoms with Crippen LogP contribution in [0.3, 0.4) is 0 Å². The van der Waals surface area contributed by atoms with Crippen LogP contribution in [0.5, 0.6) is 0 Å². The lowest BCUT2D eigenvalue weighted by molar-refractivity contribution is 0.417. The van der Waals surface area contributed by atoms with Crippen molar-refractivity contribution < 1.29 is 0 Å². The Morgan fingerprint density at radius 2 is 1.76 bits per heavy atom. The SMILES string of the molecule is NCC1(Nc2ccccc2Br)CCCCCC1. The van der Waals surface area contributed by atoms with Gasteiger partial charge in [-0.1, -0.05) is 37.8 Å². The van der Waals surface area contributed by atoms with Gasteiger partial charge in [-0.3, -0.25) is 0 Å². The molecule has 0 aromatic heterocycles. The fourth-order valence-corrected chi connectivity index (χ4v) is 3.02. The zero-order chi connectivity index (χ0) is 12.1. The van der Waals surface area contributed by atoms with Gasteiger partial charge in [0.1, 0.15) is 0 Å². The van der Waals surface area contributed by atoms with Gasteiger partial charge in [0.25, 0.3) is 0 Å². The van der Waals surface area contributed by atoms with E-state index < -0.39 is 0 Å². The van der Waals surface area contributed by atoms with Crippen LogP contribution < -0.4 is 11.1 Å². The maximum absolute atomic E-state index is 6.03.